The fourth-order valence-corrected chi connectivity index (χ4v) is 13.0. The molecule has 0 atom stereocenters. The summed E-state index contributed by atoms with van der Waals surface area (Å²) in [6, 6.07) is 66.8. The SMILES string of the molecule is O=S(=O)(c1ccc2c(c1)c1ccccc1n2-c1cccc(-c2ccc3sc4ccccc4c3c2)c1)c1ccc2c(c1)c1ccccc1n2-c1ccc2sc3ccccc3c2c1. The molecule has 4 nitrogen and oxygen atoms in total. The minimum Gasteiger partial charge on any atom is -0.309 e. The van der Waals surface area contributed by atoms with E-state index in [9.17, 15) is 8.42 Å². The van der Waals surface area contributed by atoms with Crippen LogP contribution in [0.4, 0.5) is 0 Å². The van der Waals surface area contributed by atoms with E-state index in [0.29, 0.717) is 0 Å². The van der Waals surface area contributed by atoms with Crippen LogP contribution in [0.25, 0.3) is 106 Å². The summed E-state index contributed by atoms with van der Waals surface area (Å²) in [5.74, 6) is 0. The van der Waals surface area contributed by atoms with E-state index in [0.717, 1.165) is 66.1 Å². The topological polar surface area (TPSA) is 44.0 Å². The Balaban J connectivity index is 0.923. The Labute approximate surface area is 358 Å². The average Bonchev–Trinajstić information content (AvgIpc) is 4.06. The first-order valence-corrected chi connectivity index (χ1v) is 23.3. The van der Waals surface area contributed by atoms with Crippen LogP contribution in [0.3, 0.4) is 0 Å². The van der Waals surface area contributed by atoms with Crippen molar-refractivity contribution in [3.8, 4) is 22.5 Å². The third-order valence-electron chi connectivity index (χ3n) is 12.3. The van der Waals surface area contributed by atoms with E-state index >= 15 is 0 Å². The minimum atomic E-state index is -3.90. The molecule has 9 aromatic carbocycles. The van der Waals surface area contributed by atoms with E-state index in [4.69, 9.17) is 0 Å². The first-order chi connectivity index (χ1) is 30.0. The lowest BCUT2D eigenvalue weighted by molar-refractivity contribution is 0.596. The standard InChI is InChI=1S/C54H32N2O2S3/c57-61(58,38-23-25-50-44(32-38)40-13-2-6-17-48(40)56(50)36-21-27-54-46(30-36)42-15-4-8-19-52(42)60-54)37-22-24-49-43(31-37)39-12-1-5-16-47(39)55(49)35-11-9-10-33(28-35)34-20-26-53-45(29-34)41-14-3-7-18-51(41)59-53/h1-32H. The van der Waals surface area contributed by atoms with Gasteiger partial charge in [-0.25, -0.2) is 8.42 Å². The molecular weight excluding hydrogens is 805 g/mol. The van der Waals surface area contributed by atoms with Gasteiger partial charge in [0.15, 0.2) is 0 Å². The van der Waals surface area contributed by atoms with E-state index in [1.165, 1.54) is 40.3 Å². The molecule has 13 rings (SSSR count). The number of benzene rings is 9. The zero-order chi connectivity index (χ0) is 40.4. The lowest BCUT2D eigenvalue weighted by Gasteiger charge is -2.11. The van der Waals surface area contributed by atoms with Crippen molar-refractivity contribution in [2.24, 2.45) is 0 Å². The van der Waals surface area contributed by atoms with Crippen molar-refractivity contribution in [2.75, 3.05) is 0 Å². The van der Waals surface area contributed by atoms with Gasteiger partial charge in [0.25, 0.3) is 0 Å². The Kier molecular flexibility index (Phi) is 7.41. The van der Waals surface area contributed by atoms with Gasteiger partial charge in [-0.1, -0.05) is 91.0 Å². The molecule has 0 saturated carbocycles. The number of sulfone groups is 1. The maximum atomic E-state index is 14.7. The molecule has 0 spiro atoms. The Morgan fingerprint density at radius 1 is 0.311 bits per heavy atom. The summed E-state index contributed by atoms with van der Waals surface area (Å²) in [4.78, 5) is 0.541. The fourth-order valence-electron chi connectivity index (χ4n) is 9.51. The molecule has 0 radical (unpaired) electrons. The molecule has 288 valence electrons. The molecule has 4 heterocycles. The van der Waals surface area contributed by atoms with Crippen molar-refractivity contribution in [1.82, 2.24) is 9.13 Å². The number of hydrogen-bond donors (Lipinski definition) is 0. The predicted octanol–water partition coefficient (Wildman–Crippen LogP) is 15.1. The van der Waals surface area contributed by atoms with Crippen LogP contribution in [0.2, 0.25) is 0 Å². The molecule has 7 heteroatoms. The summed E-state index contributed by atoms with van der Waals surface area (Å²) in [6.45, 7) is 0. The Morgan fingerprint density at radius 2 is 0.770 bits per heavy atom. The number of aromatic nitrogens is 2. The number of rotatable bonds is 5. The van der Waals surface area contributed by atoms with Gasteiger partial charge >= 0.3 is 0 Å². The van der Waals surface area contributed by atoms with Crippen molar-refractivity contribution in [3.05, 3.63) is 194 Å². The summed E-state index contributed by atoms with van der Waals surface area (Å²) in [5, 5.41) is 8.81. The van der Waals surface area contributed by atoms with Gasteiger partial charge in [-0.05, 0) is 114 Å². The molecule has 0 aliphatic heterocycles. The zero-order valence-corrected chi connectivity index (χ0v) is 34.9. The van der Waals surface area contributed by atoms with Gasteiger partial charge in [-0.15, -0.1) is 22.7 Å². The highest BCUT2D eigenvalue weighted by atomic mass is 32.2. The van der Waals surface area contributed by atoms with Crippen LogP contribution in [0.15, 0.2) is 204 Å². The summed E-state index contributed by atoms with van der Waals surface area (Å²) in [7, 11) is -3.90. The van der Waals surface area contributed by atoms with E-state index in [2.05, 4.69) is 143 Å². The van der Waals surface area contributed by atoms with Crippen LogP contribution in [-0.2, 0) is 9.84 Å². The van der Waals surface area contributed by atoms with Crippen LogP contribution in [0.1, 0.15) is 0 Å². The summed E-state index contributed by atoms with van der Waals surface area (Å²) >= 11 is 3.63. The van der Waals surface area contributed by atoms with E-state index in [1.54, 1.807) is 23.5 Å². The van der Waals surface area contributed by atoms with Crippen LogP contribution >= 0.6 is 22.7 Å². The highest BCUT2D eigenvalue weighted by Gasteiger charge is 2.23. The molecule has 0 unspecified atom stereocenters. The molecular formula is C54H32N2O2S3. The first-order valence-electron chi connectivity index (χ1n) is 20.2. The fraction of sp³-hybridized carbons (Fsp3) is 0. The van der Waals surface area contributed by atoms with Gasteiger partial charge < -0.3 is 9.13 Å². The number of nitrogens with zero attached hydrogens (tertiary/aromatic N) is 2. The Hall–Kier alpha value is -7.03. The smallest absolute Gasteiger partial charge is 0.206 e. The first kappa shape index (κ1) is 34.8. The quantitative estimate of drug-likeness (QED) is 0.173. The number of para-hydroxylation sites is 2. The highest BCUT2D eigenvalue weighted by Crippen LogP contribution is 2.41. The molecule has 0 aliphatic carbocycles. The van der Waals surface area contributed by atoms with Gasteiger partial charge in [0, 0.05) is 73.3 Å². The second-order valence-corrected chi connectivity index (χ2v) is 19.8. The van der Waals surface area contributed by atoms with Crippen LogP contribution in [-0.4, -0.2) is 17.6 Å². The van der Waals surface area contributed by atoms with Crippen molar-refractivity contribution in [3.63, 3.8) is 0 Å². The maximum absolute atomic E-state index is 14.7. The van der Waals surface area contributed by atoms with Crippen molar-refractivity contribution >= 4 is 116 Å². The molecule has 0 aliphatic rings. The molecule has 0 saturated heterocycles. The van der Waals surface area contributed by atoms with Crippen LogP contribution < -0.4 is 0 Å². The monoisotopic (exact) mass is 836 g/mol. The lowest BCUT2D eigenvalue weighted by Crippen LogP contribution is -2.02. The Bertz CT molecular complexity index is 4090. The molecule has 4 aromatic heterocycles. The summed E-state index contributed by atoms with van der Waals surface area (Å²) in [5.41, 5.74) is 8.30. The zero-order valence-electron chi connectivity index (χ0n) is 32.4. The van der Waals surface area contributed by atoms with Crippen molar-refractivity contribution in [1.29, 1.82) is 0 Å². The van der Waals surface area contributed by atoms with Gasteiger partial charge in [-0.3, -0.25) is 0 Å². The normalized spacial score (nSPS) is 12.4. The lowest BCUT2D eigenvalue weighted by atomic mass is 10.0. The highest BCUT2D eigenvalue weighted by molar-refractivity contribution is 7.91. The Morgan fingerprint density at radius 3 is 1.38 bits per heavy atom. The molecule has 0 N–H and O–H groups in total. The third-order valence-corrected chi connectivity index (χ3v) is 16.4. The second kappa shape index (κ2) is 13.0. The molecule has 13 aromatic rings. The van der Waals surface area contributed by atoms with Crippen LogP contribution in [0, 0.1) is 0 Å². The van der Waals surface area contributed by atoms with Crippen molar-refractivity contribution in [2.45, 2.75) is 9.79 Å². The predicted molar refractivity (Wildman–Crippen MR) is 258 cm³/mol. The van der Waals surface area contributed by atoms with Crippen molar-refractivity contribution < 1.29 is 8.42 Å². The third kappa shape index (κ3) is 5.18. The largest absolute Gasteiger partial charge is 0.309 e. The molecule has 61 heavy (non-hydrogen) atoms. The second-order valence-electron chi connectivity index (χ2n) is 15.7. The minimum absolute atomic E-state index is 0.269. The number of fused-ring (bicyclic) bond motifs is 12. The van der Waals surface area contributed by atoms with E-state index in [1.807, 2.05) is 59.9 Å². The molecule has 0 bridgehead atoms. The van der Waals surface area contributed by atoms with Gasteiger partial charge in [-0.2, -0.15) is 0 Å². The molecule has 0 amide bonds. The number of hydrogen-bond acceptors (Lipinski definition) is 4. The van der Waals surface area contributed by atoms with Gasteiger partial charge in [0.2, 0.25) is 9.84 Å². The average molecular weight is 837 g/mol. The number of thiophene rings is 2. The van der Waals surface area contributed by atoms with Crippen LogP contribution in [0.5, 0.6) is 0 Å². The summed E-state index contributed by atoms with van der Waals surface area (Å²) < 4.78 is 39.1. The maximum Gasteiger partial charge on any atom is 0.206 e. The van der Waals surface area contributed by atoms with E-state index < -0.39 is 9.84 Å². The summed E-state index contributed by atoms with van der Waals surface area (Å²) in [6.07, 6.45) is 0. The van der Waals surface area contributed by atoms with E-state index in [-0.39, 0.29) is 9.79 Å². The van der Waals surface area contributed by atoms with Gasteiger partial charge in [0.05, 0.1) is 31.9 Å². The van der Waals surface area contributed by atoms with Gasteiger partial charge in [0.1, 0.15) is 0 Å². The molecule has 0 fully saturated rings.